The second-order valence-electron chi connectivity index (χ2n) is 3.33. The summed E-state index contributed by atoms with van der Waals surface area (Å²) < 4.78 is 0. The Morgan fingerprint density at radius 2 is 1.94 bits per heavy atom. The summed E-state index contributed by atoms with van der Waals surface area (Å²) in [4.78, 5) is 14.0. The van der Waals surface area contributed by atoms with Gasteiger partial charge in [-0.3, -0.25) is 4.98 Å². The summed E-state index contributed by atoms with van der Waals surface area (Å²) in [5.74, 6) is 0.635. The highest BCUT2D eigenvalue weighted by Gasteiger charge is 2.06. The molecule has 0 saturated carbocycles. The van der Waals surface area contributed by atoms with Crippen molar-refractivity contribution >= 4 is 11.2 Å². The lowest BCUT2D eigenvalue weighted by molar-refractivity contribution is 0.663. The van der Waals surface area contributed by atoms with Crippen molar-refractivity contribution in [3.8, 4) is 11.4 Å². The maximum absolute atomic E-state index is 4.33. The van der Waals surface area contributed by atoms with Crippen molar-refractivity contribution in [2.45, 2.75) is 0 Å². The third-order valence-corrected chi connectivity index (χ3v) is 2.18. The second kappa shape index (κ2) is 3.34. The maximum Gasteiger partial charge on any atom is 0.205 e. The van der Waals surface area contributed by atoms with E-state index in [-0.39, 0.29) is 0 Å². The van der Waals surface area contributed by atoms with Crippen molar-refractivity contribution in [1.82, 2.24) is 29.9 Å². The minimum Gasteiger partial charge on any atom is -0.265 e. The van der Waals surface area contributed by atoms with Crippen LogP contribution in [0.4, 0.5) is 0 Å². The van der Waals surface area contributed by atoms with Gasteiger partial charge in [-0.25, -0.2) is 9.97 Å². The summed E-state index contributed by atoms with van der Waals surface area (Å²) in [7, 11) is 1.76. The van der Waals surface area contributed by atoms with E-state index in [2.05, 4.69) is 25.1 Å². The van der Waals surface area contributed by atoms with Crippen molar-refractivity contribution in [3.63, 3.8) is 0 Å². The molecule has 0 N–H and O–H groups in total. The molecule has 0 bridgehead atoms. The molecule has 0 unspecified atom stereocenters. The van der Waals surface area contributed by atoms with Crippen molar-refractivity contribution in [3.05, 3.63) is 30.7 Å². The minimum absolute atomic E-state index is 0.601. The summed E-state index contributed by atoms with van der Waals surface area (Å²) in [6, 6.07) is 3.72. The van der Waals surface area contributed by atoms with Gasteiger partial charge in [-0.2, -0.15) is 9.90 Å². The molecule has 0 spiro atoms. The normalized spacial score (nSPS) is 10.8. The van der Waals surface area contributed by atoms with Gasteiger partial charge in [0.1, 0.15) is 0 Å². The summed E-state index contributed by atoms with van der Waals surface area (Å²) in [6.07, 6.45) is 5.09. The van der Waals surface area contributed by atoms with Crippen LogP contribution in [0.1, 0.15) is 0 Å². The standard InChI is InChI=1S/C10H8N6/c1-16-14-8-6-12-9(13-10(8)15-16)7-2-4-11-5-3-7/h2-6H,1H3. The van der Waals surface area contributed by atoms with E-state index < -0.39 is 0 Å². The van der Waals surface area contributed by atoms with Gasteiger partial charge < -0.3 is 0 Å². The highest BCUT2D eigenvalue weighted by atomic mass is 15.5. The molecule has 0 amide bonds. The van der Waals surface area contributed by atoms with Gasteiger partial charge in [0.15, 0.2) is 11.3 Å². The fourth-order valence-corrected chi connectivity index (χ4v) is 1.47. The summed E-state index contributed by atoms with van der Waals surface area (Å²) in [5.41, 5.74) is 2.21. The first-order valence-electron chi connectivity index (χ1n) is 4.77. The zero-order valence-corrected chi connectivity index (χ0v) is 8.57. The van der Waals surface area contributed by atoms with Crippen LogP contribution in [0.3, 0.4) is 0 Å². The Balaban J connectivity index is 2.18. The lowest BCUT2D eigenvalue weighted by atomic mass is 10.2. The third kappa shape index (κ3) is 1.40. The van der Waals surface area contributed by atoms with E-state index >= 15 is 0 Å². The molecule has 0 aliphatic heterocycles. The molecule has 0 aromatic carbocycles. The van der Waals surface area contributed by atoms with Crippen molar-refractivity contribution in [2.24, 2.45) is 7.05 Å². The first kappa shape index (κ1) is 8.90. The zero-order chi connectivity index (χ0) is 11.0. The third-order valence-electron chi connectivity index (χ3n) is 2.18. The number of hydrogen-bond acceptors (Lipinski definition) is 5. The van der Waals surface area contributed by atoms with Crippen LogP contribution < -0.4 is 0 Å². The number of rotatable bonds is 1. The van der Waals surface area contributed by atoms with Crippen molar-refractivity contribution in [1.29, 1.82) is 0 Å². The van der Waals surface area contributed by atoms with Crippen LogP contribution in [-0.4, -0.2) is 29.9 Å². The molecular weight excluding hydrogens is 204 g/mol. The SMILES string of the molecule is Cn1nc2cnc(-c3ccncc3)nc2n1. The Hall–Kier alpha value is -2.37. The number of hydrogen-bond donors (Lipinski definition) is 0. The van der Waals surface area contributed by atoms with Crippen LogP contribution in [0, 0.1) is 0 Å². The van der Waals surface area contributed by atoms with Crippen LogP contribution in [-0.2, 0) is 7.05 Å². The summed E-state index contributed by atoms with van der Waals surface area (Å²) in [6.45, 7) is 0. The van der Waals surface area contributed by atoms with Crippen molar-refractivity contribution in [2.75, 3.05) is 0 Å². The molecule has 3 aromatic rings. The molecule has 78 valence electrons. The molecule has 6 nitrogen and oxygen atoms in total. The van der Waals surface area contributed by atoms with E-state index in [1.807, 2.05) is 12.1 Å². The van der Waals surface area contributed by atoms with Crippen LogP contribution in [0.15, 0.2) is 30.7 Å². The number of pyridine rings is 1. The molecule has 0 fully saturated rings. The molecule has 3 aromatic heterocycles. The predicted molar refractivity (Wildman–Crippen MR) is 57.3 cm³/mol. The average molecular weight is 212 g/mol. The Labute approximate surface area is 91.0 Å². The van der Waals surface area contributed by atoms with Gasteiger partial charge in [0.05, 0.1) is 6.20 Å². The van der Waals surface area contributed by atoms with Gasteiger partial charge in [-0.1, -0.05) is 0 Å². The average Bonchev–Trinajstić information content (AvgIpc) is 2.69. The van der Waals surface area contributed by atoms with Gasteiger partial charge in [-0.05, 0) is 12.1 Å². The smallest absolute Gasteiger partial charge is 0.205 e. The Morgan fingerprint density at radius 1 is 1.12 bits per heavy atom. The van der Waals surface area contributed by atoms with Gasteiger partial charge in [0.2, 0.25) is 5.65 Å². The predicted octanol–water partition coefficient (Wildman–Crippen LogP) is 0.820. The minimum atomic E-state index is 0.601. The Bertz CT molecular complexity index is 630. The molecular formula is C10H8N6. The van der Waals surface area contributed by atoms with E-state index in [1.54, 1.807) is 25.6 Å². The van der Waals surface area contributed by atoms with E-state index in [4.69, 9.17) is 0 Å². The topological polar surface area (TPSA) is 69.4 Å². The van der Waals surface area contributed by atoms with E-state index in [1.165, 1.54) is 4.80 Å². The zero-order valence-electron chi connectivity index (χ0n) is 8.57. The highest BCUT2D eigenvalue weighted by Crippen LogP contribution is 2.14. The lowest BCUT2D eigenvalue weighted by Gasteiger charge is -1.96. The van der Waals surface area contributed by atoms with Gasteiger partial charge >= 0.3 is 0 Å². The molecule has 0 radical (unpaired) electrons. The van der Waals surface area contributed by atoms with Gasteiger partial charge in [-0.15, -0.1) is 5.10 Å². The molecule has 0 aliphatic rings. The van der Waals surface area contributed by atoms with E-state index in [0.717, 1.165) is 5.56 Å². The van der Waals surface area contributed by atoms with E-state index in [0.29, 0.717) is 17.0 Å². The van der Waals surface area contributed by atoms with Crippen molar-refractivity contribution < 1.29 is 0 Å². The number of fused-ring (bicyclic) bond motifs is 1. The largest absolute Gasteiger partial charge is 0.265 e. The monoisotopic (exact) mass is 212 g/mol. The van der Waals surface area contributed by atoms with E-state index in [9.17, 15) is 0 Å². The molecule has 6 heteroatoms. The Morgan fingerprint density at radius 3 is 2.75 bits per heavy atom. The fourth-order valence-electron chi connectivity index (χ4n) is 1.47. The van der Waals surface area contributed by atoms with Crippen LogP contribution in [0.2, 0.25) is 0 Å². The quantitative estimate of drug-likeness (QED) is 0.597. The van der Waals surface area contributed by atoms with Gasteiger partial charge in [0.25, 0.3) is 0 Å². The number of aromatic nitrogens is 6. The van der Waals surface area contributed by atoms with Gasteiger partial charge in [0, 0.05) is 25.0 Å². The highest BCUT2D eigenvalue weighted by molar-refractivity contribution is 5.70. The lowest BCUT2D eigenvalue weighted by Crippen LogP contribution is -1.91. The Kier molecular flexibility index (Phi) is 1.86. The summed E-state index contributed by atoms with van der Waals surface area (Å²) >= 11 is 0. The molecule has 16 heavy (non-hydrogen) atoms. The van der Waals surface area contributed by atoms with Crippen LogP contribution in [0.5, 0.6) is 0 Å². The van der Waals surface area contributed by atoms with Crippen LogP contribution >= 0.6 is 0 Å². The molecule has 0 atom stereocenters. The first-order valence-corrected chi connectivity index (χ1v) is 4.77. The number of nitrogens with zero attached hydrogens (tertiary/aromatic N) is 6. The molecule has 0 saturated heterocycles. The van der Waals surface area contributed by atoms with Crippen LogP contribution in [0.25, 0.3) is 22.6 Å². The fraction of sp³-hybridized carbons (Fsp3) is 0.100. The summed E-state index contributed by atoms with van der Waals surface area (Å²) in [5, 5.41) is 8.25. The second-order valence-corrected chi connectivity index (χ2v) is 3.33. The molecule has 3 heterocycles. The maximum atomic E-state index is 4.33. The molecule has 3 rings (SSSR count). The molecule has 0 aliphatic carbocycles. The number of aryl methyl sites for hydroxylation is 1. The first-order chi connectivity index (χ1) is 7.83.